The van der Waals surface area contributed by atoms with Gasteiger partial charge in [0.15, 0.2) is 0 Å². The second kappa shape index (κ2) is 4.22. The molecule has 0 aliphatic heterocycles. The van der Waals surface area contributed by atoms with Gasteiger partial charge in [0.2, 0.25) is 0 Å². The topological polar surface area (TPSA) is 4.93 Å². The molecule has 0 saturated carbocycles. The summed E-state index contributed by atoms with van der Waals surface area (Å²) in [5, 5.41) is 1.33. The molecule has 2 rings (SSSR count). The Balaban J connectivity index is 2.80. The molecule has 0 aliphatic rings. The van der Waals surface area contributed by atoms with E-state index < -0.39 is 0 Å². The average molecular weight is 409 g/mol. The Morgan fingerprint density at radius 2 is 2.00 bits per heavy atom. The number of nitrogens with zero attached hydrogens (tertiary/aromatic N) is 1. The fraction of sp³-hybridized carbons (Fsp3) is 0.0909. The molecule has 72 valence electrons. The predicted octanol–water partition coefficient (Wildman–Crippen LogP) is 4.04. The van der Waals surface area contributed by atoms with Crippen LogP contribution in [-0.2, 0) is 6.54 Å². The number of fused-ring (bicyclic) bond motifs is 1. The van der Waals surface area contributed by atoms with Gasteiger partial charge >= 0.3 is 0 Å². The fourth-order valence-electron chi connectivity index (χ4n) is 1.54. The van der Waals surface area contributed by atoms with Gasteiger partial charge in [-0.1, -0.05) is 24.3 Å². The number of hydrogen-bond donors (Lipinski definition) is 0. The summed E-state index contributed by atoms with van der Waals surface area (Å²) in [6.45, 7) is 4.66. The van der Waals surface area contributed by atoms with Crippen molar-refractivity contribution in [3.63, 3.8) is 0 Å². The molecule has 1 heterocycles. The van der Waals surface area contributed by atoms with E-state index in [1.807, 2.05) is 6.08 Å². The highest BCUT2D eigenvalue weighted by Gasteiger charge is 2.10. The van der Waals surface area contributed by atoms with Crippen LogP contribution in [0.25, 0.3) is 10.9 Å². The van der Waals surface area contributed by atoms with E-state index in [9.17, 15) is 0 Å². The van der Waals surface area contributed by atoms with Crippen molar-refractivity contribution in [1.82, 2.24) is 4.57 Å². The van der Waals surface area contributed by atoms with Crippen LogP contribution in [0.3, 0.4) is 0 Å². The van der Waals surface area contributed by atoms with E-state index >= 15 is 0 Å². The van der Waals surface area contributed by atoms with Crippen LogP contribution in [0.15, 0.2) is 36.9 Å². The highest BCUT2D eigenvalue weighted by atomic mass is 127. The second-order valence-electron chi connectivity index (χ2n) is 3.02. The Labute approximate surface area is 110 Å². The van der Waals surface area contributed by atoms with Crippen molar-refractivity contribution in [3.05, 3.63) is 44.2 Å². The zero-order valence-corrected chi connectivity index (χ0v) is 11.8. The average Bonchev–Trinajstić information content (AvgIpc) is 2.45. The molecule has 0 radical (unpaired) electrons. The first-order valence-electron chi connectivity index (χ1n) is 4.29. The van der Waals surface area contributed by atoms with E-state index in [-0.39, 0.29) is 0 Å². The number of para-hydroxylation sites is 1. The monoisotopic (exact) mass is 409 g/mol. The van der Waals surface area contributed by atoms with Crippen molar-refractivity contribution in [2.24, 2.45) is 0 Å². The van der Waals surface area contributed by atoms with Gasteiger partial charge in [0.05, 0.1) is 12.8 Å². The molecule has 1 nitrogen and oxygen atoms in total. The van der Waals surface area contributed by atoms with Gasteiger partial charge in [-0.2, -0.15) is 0 Å². The normalized spacial score (nSPS) is 10.7. The molecule has 1 aromatic carbocycles. The maximum atomic E-state index is 3.79. The number of rotatable bonds is 2. The van der Waals surface area contributed by atoms with Gasteiger partial charge in [-0.25, -0.2) is 0 Å². The smallest absolute Gasteiger partial charge is 0.0947 e. The minimum absolute atomic E-state index is 0.877. The summed E-state index contributed by atoms with van der Waals surface area (Å²) in [7, 11) is 0. The first-order valence-corrected chi connectivity index (χ1v) is 6.44. The van der Waals surface area contributed by atoms with Gasteiger partial charge in [-0.05, 0) is 51.2 Å². The quantitative estimate of drug-likeness (QED) is 0.522. The minimum atomic E-state index is 0.877. The Morgan fingerprint density at radius 1 is 1.29 bits per heavy atom. The number of allylic oxidation sites excluding steroid dienone is 1. The molecule has 1 aromatic heterocycles. The summed E-state index contributed by atoms with van der Waals surface area (Å²) < 4.78 is 4.91. The number of halogens is 2. The third-order valence-electron chi connectivity index (χ3n) is 2.16. The highest BCUT2D eigenvalue weighted by Crippen LogP contribution is 2.28. The summed E-state index contributed by atoms with van der Waals surface area (Å²) in [4.78, 5) is 0. The van der Waals surface area contributed by atoms with E-state index in [1.165, 1.54) is 18.2 Å². The SMILES string of the molecule is C=CCn1c(I)c(I)c2ccccc21. The number of benzene rings is 1. The summed E-state index contributed by atoms with van der Waals surface area (Å²) in [6, 6.07) is 8.48. The van der Waals surface area contributed by atoms with E-state index in [0.717, 1.165) is 6.54 Å². The molecule has 0 bridgehead atoms. The summed E-state index contributed by atoms with van der Waals surface area (Å²) in [5.74, 6) is 0. The third-order valence-corrected chi connectivity index (χ3v) is 5.41. The Kier molecular flexibility index (Phi) is 3.16. The molecule has 2 aromatic rings. The Hall–Kier alpha value is -0.0400. The molecule has 0 spiro atoms. The molecule has 0 aliphatic carbocycles. The standard InChI is InChI=1S/C11H9I2N/c1-2-7-14-9-6-4-3-5-8(9)10(12)11(14)13/h2-6H,1,7H2. The fourth-order valence-corrected chi connectivity index (χ4v) is 3.03. The Morgan fingerprint density at radius 3 is 2.71 bits per heavy atom. The van der Waals surface area contributed by atoms with Crippen molar-refractivity contribution in [2.45, 2.75) is 6.54 Å². The molecule has 0 N–H and O–H groups in total. The summed E-state index contributed by atoms with van der Waals surface area (Å²) >= 11 is 4.79. The lowest BCUT2D eigenvalue weighted by atomic mass is 10.2. The molecule has 0 atom stereocenters. The maximum Gasteiger partial charge on any atom is 0.0947 e. The van der Waals surface area contributed by atoms with Crippen LogP contribution in [0.2, 0.25) is 0 Å². The van der Waals surface area contributed by atoms with Gasteiger partial charge in [-0.3, -0.25) is 0 Å². The minimum Gasteiger partial charge on any atom is -0.331 e. The largest absolute Gasteiger partial charge is 0.331 e. The van der Waals surface area contributed by atoms with E-state index in [4.69, 9.17) is 0 Å². The molecule has 0 fully saturated rings. The third kappa shape index (κ3) is 1.60. The van der Waals surface area contributed by atoms with Crippen LogP contribution < -0.4 is 0 Å². The molecular formula is C11H9I2N. The maximum absolute atomic E-state index is 3.79. The molecule has 14 heavy (non-hydrogen) atoms. The molecular weight excluding hydrogens is 400 g/mol. The molecule has 3 heteroatoms. The highest BCUT2D eigenvalue weighted by molar-refractivity contribution is 14.1. The van der Waals surface area contributed by atoms with Crippen molar-refractivity contribution in [1.29, 1.82) is 0 Å². The van der Waals surface area contributed by atoms with Crippen LogP contribution in [0.4, 0.5) is 0 Å². The zero-order valence-electron chi connectivity index (χ0n) is 7.50. The van der Waals surface area contributed by atoms with Crippen molar-refractivity contribution in [2.75, 3.05) is 0 Å². The first kappa shape index (κ1) is 10.5. The van der Waals surface area contributed by atoms with Gasteiger partial charge in [0, 0.05) is 11.9 Å². The van der Waals surface area contributed by atoms with Crippen LogP contribution >= 0.6 is 45.2 Å². The van der Waals surface area contributed by atoms with Crippen LogP contribution in [0.5, 0.6) is 0 Å². The second-order valence-corrected chi connectivity index (χ2v) is 5.12. The lowest BCUT2D eigenvalue weighted by molar-refractivity contribution is 0.838. The van der Waals surface area contributed by atoms with E-state index in [1.54, 1.807) is 0 Å². The molecule has 0 amide bonds. The van der Waals surface area contributed by atoms with Crippen molar-refractivity contribution >= 4 is 56.1 Å². The van der Waals surface area contributed by atoms with Crippen molar-refractivity contribution in [3.8, 4) is 0 Å². The first-order chi connectivity index (χ1) is 6.75. The van der Waals surface area contributed by atoms with Gasteiger partial charge in [0.25, 0.3) is 0 Å². The summed E-state index contributed by atoms with van der Waals surface area (Å²) in [5.41, 5.74) is 1.29. The van der Waals surface area contributed by atoms with Crippen LogP contribution in [-0.4, -0.2) is 4.57 Å². The number of aromatic nitrogens is 1. The molecule has 0 saturated heterocycles. The van der Waals surface area contributed by atoms with Gasteiger partial charge in [-0.15, -0.1) is 6.58 Å². The van der Waals surface area contributed by atoms with Crippen LogP contribution in [0.1, 0.15) is 0 Å². The number of hydrogen-bond acceptors (Lipinski definition) is 0. The van der Waals surface area contributed by atoms with Crippen LogP contribution in [0, 0.1) is 7.27 Å². The summed E-state index contributed by atoms with van der Waals surface area (Å²) in [6.07, 6.45) is 1.94. The predicted molar refractivity (Wildman–Crippen MR) is 77.6 cm³/mol. The zero-order chi connectivity index (χ0) is 10.1. The van der Waals surface area contributed by atoms with Gasteiger partial charge in [0.1, 0.15) is 0 Å². The Bertz CT molecular complexity index is 485. The lowest BCUT2D eigenvalue weighted by Crippen LogP contribution is -1.96. The van der Waals surface area contributed by atoms with Gasteiger partial charge < -0.3 is 4.57 Å². The van der Waals surface area contributed by atoms with E-state index in [2.05, 4.69) is 80.6 Å². The van der Waals surface area contributed by atoms with E-state index in [0.29, 0.717) is 0 Å². The molecule has 0 unspecified atom stereocenters. The lowest BCUT2D eigenvalue weighted by Gasteiger charge is -2.02. The van der Waals surface area contributed by atoms with Crippen molar-refractivity contribution < 1.29 is 0 Å².